The number of aromatic nitrogens is 2. The van der Waals surface area contributed by atoms with Crippen molar-refractivity contribution < 1.29 is 0 Å². The van der Waals surface area contributed by atoms with E-state index in [1.54, 1.807) is 0 Å². The van der Waals surface area contributed by atoms with Gasteiger partial charge in [0.25, 0.3) is 0 Å². The van der Waals surface area contributed by atoms with Crippen LogP contribution in [-0.4, -0.2) is 16.4 Å². The molecular formula is C16H16ClN3. The Bertz CT molecular complexity index is 684. The second-order valence-corrected chi connectivity index (χ2v) is 4.13. The maximum atomic E-state index is 5.60. The average Bonchev–Trinajstić information content (AvgIpc) is 2.56. The molecule has 102 valence electrons. The van der Waals surface area contributed by atoms with Crippen molar-refractivity contribution >= 4 is 22.5 Å². The lowest BCUT2D eigenvalue weighted by atomic mass is 10.1. The summed E-state index contributed by atoms with van der Waals surface area (Å²) in [4.78, 5) is 8.92. The number of fused-ring (bicyclic) bond motifs is 1. The lowest BCUT2D eigenvalue weighted by molar-refractivity contribution is 0.996. The number of pyridine rings is 2. The van der Waals surface area contributed by atoms with Gasteiger partial charge < -0.3 is 5.73 Å². The normalized spacial score (nSPS) is 9.95. The molecule has 0 atom stereocenters. The van der Waals surface area contributed by atoms with Crippen molar-refractivity contribution in [2.45, 2.75) is 6.54 Å². The van der Waals surface area contributed by atoms with Gasteiger partial charge in [0.05, 0.1) is 16.9 Å². The highest BCUT2D eigenvalue weighted by molar-refractivity contribution is 6.15. The summed E-state index contributed by atoms with van der Waals surface area (Å²) in [7, 11) is 0. The monoisotopic (exact) mass is 285 g/mol. The molecule has 20 heavy (non-hydrogen) atoms. The fourth-order valence-electron chi connectivity index (χ4n) is 1.94. The van der Waals surface area contributed by atoms with Gasteiger partial charge in [-0.15, -0.1) is 11.6 Å². The topological polar surface area (TPSA) is 51.8 Å². The summed E-state index contributed by atoms with van der Waals surface area (Å²) in [6.07, 6.45) is 3.29. The fourth-order valence-corrected chi connectivity index (χ4v) is 1.94. The fraction of sp³-hybridized carbons (Fsp3) is 0.125. The molecule has 2 aromatic heterocycles. The van der Waals surface area contributed by atoms with Crippen LogP contribution >= 0.6 is 11.6 Å². The maximum Gasteiger partial charge on any atom is 0.0743 e. The Labute approximate surface area is 123 Å². The van der Waals surface area contributed by atoms with Crippen LogP contribution in [0.15, 0.2) is 54.7 Å². The molecule has 3 aromatic rings. The van der Waals surface area contributed by atoms with Gasteiger partial charge in [-0.3, -0.25) is 4.98 Å². The van der Waals surface area contributed by atoms with Crippen LogP contribution in [0.2, 0.25) is 0 Å². The lowest BCUT2D eigenvalue weighted by Crippen LogP contribution is -1.99. The van der Waals surface area contributed by atoms with E-state index in [9.17, 15) is 0 Å². The second-order valence-electron chi connectivity index (χ2n) is 4.13. The summed E-state index contributed by atoms with van der Waals surface area (Å²) < 4.78 is 0. The van der Waals surface area contributed by atoms with Gasteiger partial charge in [0.1, 0.15) is 0 Å². The molecule has 0 saturated carbocycles. The Hall–Kier alpha value is -1.97. The summed E-state index contributed by atoms with van der Waals surface area (Å²) in [6, 6.07) is 16.1. The third-order valence-electron chi connectivity index (χ3n) is 2.91. The number of nitrogens with two attached hydrogens (primary N) is 1. The zero-order chi connectivity index (χ0) is 14.4. The van der Waals surface area contributed by atoms with Crippen LogP contribution in [0.25, 0.3) is 22.2 Å². The Morgan fingerprint density at radius 2 is 1.80 bits per heavy atom. The molecule has 0 fully saturated rings. The molecule has 0 aliphatic carbocycles. The molecule has 0 unspecified atom stereocenters. The molecule has 3 nitrogen and oxygen atoms in total. The first-order chi connectivity index (χ1) is 9.86. The summed E-state index contributed by atoms with van der Waals surface area (Å²) in [6.45, 7) is 0.438. The number of alkyl halides is 1. The number of nitrogens with zero attached hydrogens (tertiary/aromatic N) is 2. The van der Waals surface area contributed by atoms with Crippen LogP contribution in [-0.2, 0) is 6.54 Å². The Balaban J connectivity index is 0.000000704. The van der Waals surface area contributed by atoms with Gasteiger partial charge in [-0.25, -0.2) is 4.98 Å². The molecule has 0 radical (unpaired) electrons. The van der Waals surface area contributed by atoms with E-state index in [1.807, 2.05) is 42.6 Å². The van der Waals surface area contributed by atoms with E-state index in [1.165, 1.54) is 6.38 Å². The number of halogens is 1. The van der Waals surface area contributed by atoms with Crippen LogP contribution in [0.3, 0.4) is 0 Å². The third kappa shape index (κ3) is 3.13. The molecule has 0 aliphatic rings. The average molecular weight is 286 g/mol. The molecule has 4 heteroatoms. The van der Waals surface area contributed by atoms with Gasteiger partial charge in [-0.1, -0.05) is 30.3 Å². The van der Waals surface area contributed by atoms with Crippen molar-refractivity contribution in [2.24, 2.45) is 5.73 Å². The van der Waals surface area contributed by atoms with Crippen LogP contribution in [0.5, 0.6) is 0 Å². The summed E-state index contributed by atoms with van der Waals surface area (Å²) >= 11 is 4.64. The van der Waals surface area contributed by atoms with Gasteiger partial charge in [-0.2, -0.15) is 0 Å². The molecular weight excluding hydrogens is 270 g/mol. The van der Waals surface area contributed by atoms with E-state index >= 15 is 0 Å². The zero-order valence-corrected chi connectivity index (χ0v) is 12.0. The first-order valence-electron chi connectivity index (χ1n) is 6.26. The van der Waals surface area contributed by atoms with Crippen LogP contribution in [0, 0.1) is 0 Å². The van der Waals surface area contributed by atoms with E-state index in [0.717, 1.165) is 27.9 Å². The minimum absolute atomic E-state index is 0.438. The molecule has 2 N–H and O–H groups in total. The first-order valence-corrected chi connectivity index (χ1v) is 7.01. The van der Waals surface area contributed by atoms with Gasteiger partial charge in [0, 0.05) is 30.1 Å². The van der Waals surface area contributed by atoms with Crippen molar-refractivity contribution in [1.29, 1.82) is 0 Å². The smallest absolute Gasteiger partial charge is 0.0743 e. The molecule has 0 amide bonds. The molecule has 0 aliphatic heterocycles. The minimum Gasteiger partial charge on any atom is -0.325 e. The number of rotatable bonds is 2. The molecule has 0 bridgehead atoms. The van der Waals surface area contributed by atoms with Gasteiger partial charge in [0.2, 0.25) is 0 Å². The van der Waals surface area contributed by atoms with Crippen molar-refractivity contribution in [1.82, 2.24) is 9.97 Å². The number of hydrogen-bond acceptors (Lipinski definition) is 3. The molecule has 0 saturated heterocycles. The van der Waals surface area contributed by atoms with E-state index in [-0.39, 0.29) is 0 Å². The first kappa shape index (κ1) is 14.4. The second kappa shape index (κ2) is 6.98. The number of hydrogen-bond donors (Lipinski definition) is 1. The SMILES string of the molecule is CCl.NCc1cc2nc(-c3ccccc3)ccc2cn1. The predicted molar refractivity (Wildman–Crippen MR) is 84.6 cm³/mol. The van der Waals surface area contributed by atoms with E-state index in [4.69, 9.17) is 5.73 Å². The quantitative estimate of drug-likeness (QED) is 0.732. The minimum atomic E-state index is 0.438. The van der Waals surface area contributed by atoms with Crippen molar-refractivity contribution in [3.05, 3.63) is 60.4 Å². The summed E-state index contributed by atoms with van der Waals surface area (Å²) in [5, 5.41) is 1.03. The largest absolute Gasteiger partial charge is 0.325 e. The van der Waals surface area contributed by atoms with E-state index in [2.05, 4.69) is 33.7 Å². The third-order valence-corrected chi connectivity index (χ3v) is 2.91. The highest BCUT2D eigenvalue weighted by Gasteiger charge is 2.02. The van der Waals surface area contributed by atoms with Gasteiger partial charge in [-0.05, 0) is 18.2 Å². The standard InChI is InChI=1S/C15H13N3.CH3Cl/c16-9-13-8-15-12(10-17-13)6-7-14(18-15)11-4-2-1-3-5-11;1-2/h1-8,10H,9,16H2;1H3. The molecule has 3 rings (SSSR count). The highest BCUT2D eigenvalue weighted by Crippen LogP contribution is 2.20. The Kier molecular flexibility index (Phi) is 5.04. The zero-order valence-electron chi connectivity index (χ0n) is 11.3. The van der Waals surface area contributed by atoms with E-state index in [0.29, 0.717) is 6.54 Å². The molecule has 1 aromatic carbocycles. The van der Waals surface area contributed by atoms with Crippen LogP contribution in [0.1, 0.15) is 5.69 Å². The Morgan fingerprint density at radius 1 is 1.05 bits per heavy atom. The highest BCUT2D eigenvalue weighted by atomic mass is 35.5. The maximum absolute atomic E-state index is 5.60. The van der Waals surface area contributed by atoms with E-state index < -0.39 is 0 Å². The van der Waals surface area contributed by atoms with Crippen molar-refractivity contribution in [3.8, 4) is 11.3 Å². The predicted octanol–water partition coefficient (Wildman–Crippen LogP) is 3.61. The van der Waals surface area contributed by atoms with Crippen LogP contribution in [0.4, 0.5) is 0 Å². The number of benzene rings is 1. The van der Waals surface area contributed by atoms with Crippen molar-refractivity contribution in [3.63, 3.8) is 0 Å². The lowest BCUT2D eigenvalue weighted by Gasteiger charge is -2.04. The summed E-state index contributed by atoms with van der Waals surface area (Å²) in [5.74, 6) is 0. The van der Waals surface area contributed by atoms with Gasteiger partial charge in [0.15, 0.2) is 0 Å². The molecule has 0 spiro atoms. The van der Waals surface area contributed by atoms with Crippen molar-refractivity contribution in [2.75, 3.05) is 6.38 Å². The van der Waals surface area contributed by atoms with Crippen LogP contribution < -0.4 is 5.73 Å². The molecule has 2 heterocycles. The Morgan fingerprint density at radius 3 is 2.50 bits per heavy atom. The summed E-state index contributed by atoms with van der Waals surface area (Å²) in [5.41, 5.74) is 9.48. The van der Waals surface area contributed by atoms with Gasteiger partial charge >= 0.3 is 0 Å².